The lowest BCUT2D eigenvalue weighted by atomic mass is 9.85. The number of carbonyl (C=O) groups is 2. The Hall–Kier alpha value is -2.34. The number of hydrogen-bond acceptors (Lipinski definition) is 5. The molecule has 6 nitrogen and oxygen atoms in total. The van der Waals surface area contributed by atoms with Gasteiger partial charge in [0.25, 0.3) is 11.8 Å². The minimum absolute atomic E-state index is 0.135. The summed E-state index contributed by atoms with van der Waals surface area (Å²) in [7, 11) is 1.41. The van der Waals surface area contributed by atoms with Crippen molar-refractivity contribution in [2.45, 2.75) is 6.42 Å². The molecule has 3 aliphatic rings. The van der Waals surface area contributed by atoms with E-state index in [9.17, 15) is 14.7 Å². The number of carbonyl (C=O) groups excluding carboxylic acids is 2. The molecule has 1 aromatic rings. The summed E-state index contributed by atoms with van der Waals surface area (Å²) in [5, 5.41) is 15.4. The number of allylic oxidation sites excluding steroid dienone is 2. The van der Waals surface area contributed by atoms with E-state index in [2.05, 4.69) is 5.10 Å². The molecule has 0 radical (unpaired) electrons. The van der Waals surface area contributed by atoms with Gasteiger partial charge in [-0.15, -0.1) is 0 Å². The number of rotatable bonds is 3. The van der Waals surface area contributed by atoms with Crippen molar-refractivity contribution in [2.24, 2.45) is 28.8 Å². The summed E-state index contributed by atoms with van der Waals surface area (Å²) in [6.45, 7) is 0. The van der Waals surface area contributed by atoms with Crippen molar-refractivity contribution >= 4 is 29.6 Å². The summed E-state index contributed by atoms with van der Waals surface area (Å²) in [5.74, 6) is -0.820. The molecule has 1 saturated carbocycles. The average Bonchev–Trinajstić information content (AvgIpc) is 3.23. The molecule has 4 atom stereocenters. The standard InChI is InChI=1S/C17H15ClN2O4/c1-24-12-6-11(18)5-10(15(12)21)7-19-20-16(22)13-8-2-3-9(4-8)14(13)17(20)23/h2-3,5-9,13-14,21H,4H2,1H3. The van der Waals surface area contributed by atoms with E-state index in [1.165, 1.54) is 25.5 Å². The molecule has 2 fully saturated rings. The maximum Gasteiger partial charge on any atom is 0.254 e. The second-order valence-electron chi connectivity index (χ2n) is 6.28. The Morgan fingerprint density at radius 1 is 1.25 bits per heavy atom. The van der Waals surface area contributed by atoms with Gasteiger partial charge < -0.3 is 9.84 Å². The molecular formula is C17H15ClN2O4. The number of halogens is 1. The Kier molecular flexibility index (Phi) is 3.38. The summed E-state index contributed by atoms with van der Waals surface area (Å²) in [5.41, 5.74) is 0.276. The lowest BCUT2D eigenvalue weighted by Gasteiger charge is -2.13. The van der Waals surface area contributed by atoms with Crippen LogP contribution in [-0.4, -0.2) is 35.3 Å². The van der Waals surface area contributed by atoms with Crippen LogP contribution in [0.25, 0.3) is 0 Å². The number of aromatic hydroxyl groups is 1. The summed E-state index contributed by atoms with van der Waals surface area (Å²) in [4.78, 5) is 25.1. The van der Waals surface area contributed by atoms with Gasteiger partial charge in [-0.05, 0) is 24.3 Å². The van der Waals surface area contributed by atoms with E-state index in [0.717, 1.165) is 11.4 Å². The fraction of sp³-hybridized carbons (Fsp3) is 0.353. The van der Waals surface area contributed by atoms with Crippen LogP contribution in [0.15, 0.2) is 29.4 Å². The number of amides is 2. The molecule has 0 spiro atoms. The molecule has 1 N–H and O–H groups in total. The molecule has 1 aromatic carbocycles. The molecular weight excluding hydrogens is 332 g/mol. The van der Waals surface area contributed by atoms with Crippen LogP contribution in [0.1, 0.15) is 12.0 Å². The zero-order valence-corrected chi connectivity index (χ0v) is 13.6. The van der Waals surface area contributed by atoms with Crippen molar-refractivity contribution in [2.75, 3.05) is 7.11 Å². The van der Waals surface area contributed by atoms with Gasteiger partial charge in [0.1, 0.15) is 0 Å². The number of hydrogen-bond donors (Lipinski definition) is 1. The molecule has 24 heavy (non-hydrogen) atoms. The van der Waals surface area contributed by atoms with Crippen LogP contribution in [0.5, 0.6) is 11.5 Å². The Morgan fingerprint density at radius 2 is 1.88 bits per heavy atom. The van der Waals surface area contributed by atoms with Gasteiger partial charge in [-0.1, -0.05) is 23.8 Å². The first-order chi connectivity index (χ1) is 11.5. The molecule has 2 aliphatic carbocycles. The first-order valence-electron chi connectivity index (χ1n) is 7.68. The first kappa shape index (κ1) is 15.2. The number of fused-ring (bicyclic) bond motifs is 5. The first-order valence-corrected chi connectivity index (χ1v) is 8.05. The largest absolute Gasteiger partial charge is 0.504 e. The number of ether oxygens (including phenoxy) is 1. The predicted octanol–water partition coefficient (Wildman–Crippen LogP) is 2.20. The maximum atomic E-state index is 12.5. The van der Waals surface area contributed by atoms with Gasteiger partial charge in [0.05, 0.1) is 25.2 Å². The third kappa shape index (κ3) is 2.06. The minimum Gasteiger partial charge on any atom is -0.504 e. The van der Waals surface area contributed by atoms with Gasteiger partial charge in [-0.25, -0.2) is 0 Å². The number of hydrazone groups is 1. The van der Waals surface area contributed by atoms with Crippen LogP contribution in [0.2, 0.25) is 5.02 Å². The van der Waals surface area contributed by atoms with Crippen molar-refractivity contribution < 1.29 is 19.4 Å². The van der Waals surface area contributed by atoms with Crippen molar-refractivity contribution in [3.63, 3.8) is 0 Å². The normalized spacial score (nSPS) is 30.7. The predicted molar refractivity (Wildman–Crippen MR) is 86.8 cm³/mol. The van der Waals surface area contributed by atoms with Crippen LogP contribution in [0.3, 0.4) is 0 Å². The van der Waals surface area contributed by atoms with E-state index < -0.39 is 0 Å². The van der Waals surface area contributed by atoms with Crippen LogP contribution in [0, 0.1) is 23.7 Å². The zero-order valence-electron chi connectivity index (χ0n) is 12.8. The van der Waals surface area contributed by atoms with E-state index in [4.69, 9.17) is 16.3 Å². The fourth-order valence-corrected chi connectivity index (χ4v) is 4.19. The maximum absolute atomic E-state index is 12.5. The SMILES string of the molecule is COc1cc(Cl)cc(C=NN2C(=O)C3C4C=CC(C4)C3C2=O)c1O. The molecule has 1 heterocycles. The second kappa shape index (κ2) is 5.34. The van der Waals surface area contributed by atoms with Crippen LogP contribution >= 0.6 is 11.6 Å². The highest BCUT2D eigenvalue weighted by molar-refractivity contribution is 6.31. The number of imide groups is 1. The molecule has 1 saturated heterocycles. The summed E-state index contributed by atoms with van der Waals surface area (Å²) < 4.78 is 5.03. The molecule has 2 amide bonds. The molecule has 1 aliphatic heterocycles. The summed E-state index contributed by atoms with van der Waals surface area (Å²) in [6, 6.07) is 2.95. The highest BCUT2D eigenvalue weighted by atomic mass is 35.5. The highest BCUT2D eigenvalue weighted by Gasteiger charge is 2.59. The van der Waals surface area contributed by atoms with Crippen molar-refractivity contribution in [3.05, 3.63) is 34.9 Å². The molecule has 2 bridgehead atoms. The van der Waals surface area contributed by atoms with Gasteiger partial charge in [-0.3, -0.25) is 9.59 Å². The van der Waals surface area contributed by atoms with Crippen LogP contribution < -0.4 is 4.74 Å². The number of nitrogens with zero attached hydrogens (tertiary/aromatic N) is 2. The van der Waals surface area contributed by atoms with Gasteiger partial charge >= 0.3 is 0 Å². The Labute approximate surface area is 143 Å². The van der Waals surface area contributed by atoms with Crippen LogP contribution in [-0.2, 0) is 9.59 Å². The molecule has 124 valence electrons. The number of phenols is 1. The van der Waals surface area contributed by atoms with E-state index in [1.807, 2.05) is 12.2 Å². The lowest BCUT2D eigenvalue weighted by Crippen LogP contribution is -2.28. The van der Waals surface area contributed by atoms with Crippen molar-refractivity contribution in [3.8, 4) is 11.5 Å². The monoisotopic (exact) mass is 346 g/mol. The molecule has 0 aromatic heterocycles. The number of methoxy groups -OCH3 is 1. The van der Waals surface area contributed by atoms with Crippen LogP contribution in [0.4, 0.5) is 0 Å². The minimum atomic E-state index is -0.299. The lowest BCUT2D eigenvalue weighted by molar-refractivity contribution is -0.140. The van der Waals surface area contributed by atoms with Crippen molar-refractivity contribution in [1.29, 1.82) is 0 Å². The third-order valence-corrected chi connectivity index (χ3v) is 5.27. The Bertz CT molecular complexity index is 774. The molecule has 7 heteroatoms. The van der Waals surface area contributed by atoms with Gasteiger partial charge in [0.15, 0.2) is 11.5 Å². The van der Waals surface area contributed by atoms with E-state index in [1.54, 1.807) is 0 Å². The van der Waals surface area contributed by atoms with Gasteiger partial charge in [0.2, 0.25) is 0 Å². The smallest absolute Gasteiger partial charge is 0.254 e. The number of phenolic OH excluding ortho intramolecular Hbond substituents is 1. The molecule has 4 unspecified atom stereocenters. The number of benzene rings is 1. The zero-order chi connectivity index (χ0) is 17.0. The van der Waals surface area contributed by atoms with E-state index >= 15 is 0 Å². The van der Waals surface area contributed by atoms with E-state index in [-0.39, 0.29) is 52.5 Å². The summed E-state index contributed by atoms with van der Waals surface area (Å²) >= 11 is 5.97. The summed E-state index contributed by atoms with van der Waals surface area (Å²) in [6.07, 6.45) is 6.18. The molecule has 4 rings (SSSR count). The topological polar surface area (TPSA) is 79.2 Å². The van der Waals surface area contributed by atoms with Gasteiger partial charge in [0, 0.05) is 16.7 Å². The highest BCUT2D eigenvalue weighted by Crippen LogP contribution is 2.52. The van der Waals surface area contributed by atoms with Crippen molar-refractivity contribution in [1.82, 2.24) is 5.01 Å². The Morgan fingerprint density at radius 3 is 2.46 bits per heavy atom. The quantitative estimate of drug-likeness (QED) is 0.517. The fourth-order valence-electron chi connectivity index (χ4n) is 3.97. The van der Waals surface area contributed by atoms with E-state index in [0.29, 0.717) is 5.02 Å². The third-order valence-electron chi connectivity index (χ3n) is 5.05. The average molecular weight is 347 g/mol. The second-order valence-corrected chi connectivity index (χ2v) is 6.72. The Balaban J connectivity index is 1.63. The van der Waals surface area contributed by atoms with Gasteiger partial charge in [-0.2, -0.15) is 10.1 Å².